The first-order valence-electron chi connectivity index (χ1n) is 6.28. The lowest BCUT2D eigenvalue weighted by Gasteiger charge is -2.07. The van der Waals surface area contributed by atoms with Gasteiger partial charge in [0, 0.05) is 20.5 Å². The van der Waals surface area contributed by atoms with Crippen molar-refractivity contribution in [2.75, 3.05) is 12.4 Å². The third kappa shape index (κ3) is 2.24. The highest BCUT2D eigenvalue weighted by Crippen LogP contribution is 2.23. The molecule has 2 rings (SSSR count). The van der Waals surface area contributed by atoms with Crippen LogP contribution >= 0.6 is 0 Å². The molecule has 0 spiro atoms. The van der Waals surface area contributed by atoms with E-state index < -0.39 is 0 Å². The number of rotatable bonds is 4. The first kappa shape index (κ1) is 14.0. The minimum atomic E-state index is -0.288. The van der Waals surface area contributed by atoms with E-state index in [1.807, 2.05) is 6.92 Å². The van der Waals surface area contributed by atoms with Crippen molar-refractivity contribution in [3.8, 4) is 5.88 Å². The zero-order chi connectivity index (χ0) is 14.9. The summed E-state index contributed by atoms with van der Waals surface area (Å²) < 4.78 is 8.22. The van der Waals surface area contributed by atoms with Gasteiger partial charge < -0.3 is 4.74 Å². The topological polar surface area (TPSA) is 91.0 Å². The second-order valence-corrected chi connectivity index (χ2v) is 4.40. The van der Waals surface area contributed by atoms with E-state index in [0.717, 1.165) is 6.42 Å². The normalized spacial score (nSPS) is 10.8. The summed E-state index contributed by atoms with van der Waals surface area (Å²) in [6.45, 7) is 3.89. The summed E-state index contributed by atoms with van der Waals surface area (Å²) in [6.07, 6.45) is 0.801. The zero-order valence-corrected chi connectivity index (χ0v) is 11.9. The molecular weight excluding hydrogens is 262 g/mol. The highest BCUT2D eigenvalue weighted by atomic mass is 16.5. The van der Waals surface area contributed by atoms with Gasteiger partial charge in [-0.1, -0.05) is 6.92 Å². The first-order valence-corrected chi connectivity index (χ1v) is 6.28. The van der Waals surface area contributed by atoms with Gasteiger partial charge in [-0.15, -0.1) is 0 Å². The van der Waals surface area contributed by atoms with Gasteiger partial charge in [-0.3, -0.25) is 19.2 Å². The van der Waals surface area contributed by atoms with Crippen LogP contribution in [0.2, 0.25) is 0 Å². The molecule has 0 aliphatic heterocycles. The van der Waals surface area contributed by atoms with E-state index in [-0.39, 0.29) is 23.4 Å². The van der Waals surface area contributed by atoms with Crippen LogP contribution in [0.3, 0.4) is 0 Å². The molecule has 0 aromatic carbocycles. The van der Waals surface area contributed by atoms with Crippen molar-refractivity contribution >= 4 is 23.0 Å². The number of carbonyl (C=O) groups is 1. The summed E-state index contributed by atoms with van der Waals surface area (Å²) in [6, 6.07) is 0. The minimum absolute atomic E-state index is 0.117. The second kappa shape index (κ2) is 5.32. The summed E-state index contributed by atoms with van der Waals surface area (Å²) in [5.74, 6) is 0.0976. The van der Waals surface area contributed by atoms with E-state index in [1.54, 1.807) is 11.6 Å². The summed E-state index contributed by atoms with van der Waals surface area (Å²) in [5, 5.41) is 2.49. The molecule has 1 N–H and O–H groups in total. The van der Waals surface area contributed by atoms with Crippen molar-refractivity contribution in [2.24, 2.45) is 7.05 Å². The van der Waals surface area contributed by atoms with Gasteiger partial charge in [-0.05, 0) is 6.42 Å². The number of anilines is 1. The molecule has 0 bridgehead atoms. The maximum absolute atomic E-state index is 12.2. The number of ether oxygens (including phenoxy) is 1. The Morgan fingerprint density at radius 1 is 1.40 bits per heavy atom. The third-order valence-corrected chi connectivity index (χ3v) is 2.87. The fourth-order valence-corrected chi connectivity index (χ4v) is 2.05. The maximum atomic E-state index is 12.2. The highest BCUT2D eigenvalue weighted by Gasteiger charge is 2.19. The molecular formula is C12H17N5O3. The number of aromatic nitrogens is 4. The van der Waals surface area contributed by atoms with Crippen LogP contribution in [0.1, 0.15) is 20.3 Å². The zero-order valence-electron chi connectivity index (χ0n) is 11.9. The van der Waals surface area contributed by atoms with Gasteiger partial charge in [0.2, 0.25) is 17.7 Å². The van der Waals surface area contributed by atoms with E-state index in [1.165, 1.54) is 18.6 Å². The number of aryl methyl sites for hydroxylation is 2. The summed E-state index contributed by atoms with van der Waals surface area (Å²) in [7, 11) is 3.09. The molecule has 20 heavy (non-hydrogen) atoms. The molecule has 2 aromatic rings. The number of amides is 1. The Balaban J connectivity index is 2.76. The monoisotopic (exact) mass is 279 g/mol. The summed E-state index contributed by atoms with van der Waals surface area (Å²) >= 11 is 0. The standard InChI is InChI=1S/C12H17N5O3/c1-5-6-17-8-9(16(3)12(17)19)14-11(13-7(2)18)15-10(8)20-4/h5-6H2,1-4H3,(H,13,14,15,18). The fourth-order valence-electron chi connectivity index (χ4n) is 2.05. The van der Waals surface area contributed by atoms with Crippen LogP contribution in [0.5, 0.6) is 5.88 Å². The van der Waals surface area contributed by atoms with Crippen molar-refractivity contribution in [1.82, 2.24) is 19.1 Å². The summed E-state index contributed by atoms with van der Waals surface area (Å²) in [5.41, 5.74) is 0.782. The molecule has 0 unspecified atom stereocenters. The molecule has 0 radical (unpaired) electrons. The van der Waals surface area contributed by atoms with Crippen LogP contribution in [0.25, 0.3) is 11.2 Å². The van der Waals surface area contributed by atoms with Crippen molar-refractivity contribution < 1.29 is 9.53 Å². The van der Waals surface area contributed by atoms with E-state index in [4.69, 9.17) is 4.74 Å². The third-order valence-electron chi connectivity index (χ3n) is 2.87. The van der Waals surface area contributed by atoms with Gasteiger partial charge in [0.05, 0.1) is 7.11 Å². The average molecular weight is 279 g/mol. The van der Waals surface area contributed by atoms with Crippen LogP contribution in [0.4, 0.5) is 5.95 Å². The fraction of sp³-hybridized carbons (Fsp3) is 0.500. The quantitative estimate of drug-likeness (QED) is 0.880. The van der Waals surface area contributed by atoms with Crippen LogP contribution in [-0.4, -0.2) is 32.1 Å². The number of fused-ring (bicyclic) bond motifs is 1. The van der Waals surface area contributed by atoms with Gasteiger partial charge >= 0.3 is 5.69 Å². The number of nitrogens with zero attached hydrogens (tertiary/aromatic N) is 4. The Labute approximate surface area is 115 Å². The number of imidazole rings is 1. The number of nitrogens with one attached hydrogen (secondary N) is 1. The van der Waals surface area contributed by atoms with Crippen molar-refractivity contribution in [2.45, 2.75) is 26.8 Å². The van der Waals surface area contributed by atoms with Crippen LogP contribution in [0, 0.1) is 0 Å². The number of hydrogen-bond acceptors (Lipinski definition) is 5. The predicted molar refractivity (Wildman–Crippen MR) is 73.9 cm³/mol. The van der Waals surface area contributed by atoms with Gasteiger partial charge in [-0.25, -0.2) is 4.79 Å². The van der Waals surface area contributed by atoms with E-state index in [0.29, 0.717) is 17.7 Å². The molecule has 0 atom stereocenters. The summed E-state index contributed by atoms with van der Waals surface area (Å²) in [4.78, 5) is 31.6. The number of hydrogen-bond donors (Lipinski definition) is 1. The molecule has 0 aliphatic carbocycles. The molecule has 2 aromatic heterocycles. The van der Waals surface area contributed by atoms with Gasteiger partial charge in [0.1, 0.15) is 0 Å². The second-order valence-electron chi connectivity index (χ2n) is 4.40. The maximum Gasteiger partial charge on any atom is 0.330 e. The van der Waals surface area contributed by atoms with Crippen molar-refractivity contribution in [1.29, 1.82) is 0 Å². The molecule has 8 nitrogen and oxygen atoms in total. The molecule has 0 aliphatic rings. The highest BCUT2D eigenvalue weighted by molar-refractivity contribution is 5.88. The lowest BCUT2D eigenvalue weighted by molar-refractivity contribution is -0.114. The molecule has 0 saturated carbocycles. The van der Waals surface area contributed by atoms with Crippen LogP contribution < -0.4 is 15.7 Å². The molecule has 0 saturated heterocycles. The lowest BCUT2D eigenvalue weighted by Crippen LogP contribution is -2.22. The number of carbonyl (C=O) groups excluding carboxylic acids is 1. The largest absolute Gasteiger partial charge is 0.479 e. The Morgan fingerprint density at radius 3 is 2.65 bits per heavy atom. The smallest absolute Gasteiger partial charge is 0.330 e. The first-order chi connectivity index (χ1) is 9.49. The molecule has 0 fully saturated rings. The van der Waals surface area contributed by atoms with Gasteiger partial charge in [-0.2, -0.15) is 9.97 Å². The Kier molecular flexibility index (Phi) is 3.73. The molecule has 108 valence electrons. The molecule has 2 heterocycles. The van der Waals surface area contributed by atoms with Crippen molar-refractivity contribution in [3.63, 3.8) is 0 Å². The number of methoxy groups -OCH3 is 1. The average Bonchev–Trinajstić information content (AvgIpc) is 2.63. The lowest BCUT2D eigenvalue weighted by atomic mass is 10.4. The van der Waals surface area contributed by atoms with E-state index in [9.17, 15) is 9.59 Å². The van der Waals surface area contributed by atoms with Crippen molar-refractivity contribution in [3.05, 3.63) is 10.5 Å². The van der Waals surface area contributed by atoms with E-state index in [2.05, 4.69) is 15.3 Å². The molecule has 1 amide bonds. The van der Waals surface area contributed by atoms with E-state index >= 15 is 0 Å². The molecule has 8 heteroatoms. The van der Waals surface area contributed by atoms with Gasteiger partial charge in [0.15, 0.2) is 11.2 Å². The van der Waals surface area contributed by atoms with Crippen LogP contribution in [0.15, 0.2) is 4.79 Å². The van der Waals surface area contributed by atoms with Gasteiger partial charge in [0.25, 0.3) is 0 Å². The SMILES string of the molecule is CCCn1c(=O)n(C)c2nc(NC(C)=O)nc(OC)c21. The Morgan fingerprint density at radius 2 is 2.10 bits per heavy atom. The Hall–Kier alpha value is -2.38. The van der Waals surface area contributed by atoms with Crippen LogP contribution in [-0.2, 0) is 18.4 Å². The predicted octanol–water partition coefficient (Wildman–Crippen LogP) is 0.507. The minimum Gasteiger partial charge on any atom is -0.479 e. The Bertz CT molecular complexity index is 716.